The van der Waals surface area contributed by atoms with Crippen molar-refractivity contribution in [1.29, 1.82) is 0 Å². The number of carbonyl (C=O) groups excluding carboxylic acids is 4. The lowest BCUT2D eigenvalue weighted by Crippen LogP contribution is -2.51. The maximum absolute atomic E-state index is 14.4. The van der Waals surface area contributed by atoms with Crippen molar-refractivity contribution in [1.82, 2.24) is 30.4 Å². The van der Waals surface area contributed by atoms with E-state index in [0.717, 1.165) is 78.7 Å². The van der Waals surface area contributed by atoms with Crippen molar-refractivity contribution in [2.24, 2.45) is 16.8 Å². The molecule has 3 aliphatic heterocycles. The number of hydrogen-bond acceptors (Lipinski definition) is 10. The molecule has 3 N–H and O–H groups in total. The van der Waals surface area contributed by atoms with Crippen LogP contribution in [-0.4, -0.2) is 114 Å². The van der Waals surface area contributed by atoms with Crippen LogP contribution in [0.15, 0.2) is 96.0 Å². The molecule has 6 aromatic rings. The normalized spacial score (nSPS) is 20.0. The number of aromatic nitrogens is 2. The second kappa shape index (κ2) is 19.4. The molecule has 67 heavy (non-hydrogen) atoms. The van der Waals surface area contributed by atoms with Crippen LogP contribution in [0.4, 0.5) is 15.3 Å². The lowest BCUT2D eigenvalue weighted by molar-refractivity contribution is -0.135. The zero-order chi connectivity index (χ0) is 46.9. The second-order valence-corrected chi connectivity index (χ2v) is 19.6. The summed E-state index contributed by atoms with van der Waals surface area (Å²) >= 11 is 1.84. The molecule has 0 spiro atoms. The van der Waals surface area contributed by atoms with Crippen LogP contribution in [-0.2, 0) is 30.2 Å². The molecule has 4 amide bonds. The highest BCUT2D eigenvalue weighted by molar-refractivity contribution is 7.99. The molecule has 15 heteroatoms. The van der Waals surface area contributed by atoms with Gasteiger partial charge in [-0.15, -0.1) is 0 Å². The van der Waals surface area contributed by atoms with Crippen molar-refractivity contribution in [3.8, 4) is 11.1 Å². The van der Waals surface area contributed by atoms with E-state index in [1.54, 1.807) is 7.11 Å². The number of H-pyrrole nitrogens is 1. The number of aromatic amines is 1. The van der Waals surface area contributed by atoms with E-state index in [2.05, 4.69) is 83.2 Å². The Morgan fingerprint density at radius 2 is 1.48 bits per heavy atom. The average molecular weight is 924 g/mol. The Hall–Kier alpha value is -6.45. The number of methoxy groups -OCH3 is 3. The van der Waals surface area contributed by atoms with Crippen LogP contribution in [0.25, 0.3) is 43.7 Å². The maximum Gasteiger partial charge on any atom is 0.407 e. The number of fused-ring (bicyclic) bond motifs is 6. The predicted octanol–water partition coefficient (Wildman–Crippen LogP) is 8.90. The van der Waals surface area contributed by atoms with Crippen LogP contribution in [0, 0.1) is 11.8 Å². The zero-order valence-electron chi connectivity index (χ0n) is 38.7. The number of likely N-dealkylation sites (tertiary alicyclic amines) is 2. The molecule has 348 valence electrons. The second-order valence-electron chi connectivity index (χ2n) is 18.0. The topological polar surface area (TPSA) is 168 Å². The Bertz CT molecular complexity index is 2880. The SMILES string of the molecule is CCS[C@H]1C[C@@H](c2nc3c(ccc4cc(-c5ccc6c7c(ccc6c5)N=C([C@@H]5C[C@H](COC)CN5C(=O)[C@H](NC(=O)OC)c5ccccc5)C7)ccc43)[nH]2)N(C(=O)[C@@H](NC(=O)OC)C(C)C)C1. The third-order valence-corrected chi connectivity index (χ3v) is 14.6. The van der Waals surface area contributed by atoms with E-state index in [-0.39, 0.29) is 41.0 Å². The summed E-state index contributed by atoms with van der Waals surface area (Å²) in [5.41, 5.74) is 7.54. The minimum atomic E-state index is -0.918. The molecule has 3 aliphatic rings. The Morgan fingerprint density at radius 1 is 0.791 bits per heavy atom. The van der Waals surface area contributed by atoms with Gasteiger partial charge in [0.2, 0.25) is 11.8 Å². The fourth-order valence-corrected chi connectivity index (χ4v) is 11.3. The summed E-state index contributed by atoms with van der Waals surface area (Å²) in [5.74, 6) is 1.30. The van der Waals surface area contributed by atoms with Gasteiger partial charge in [-0.2, -0.15) is 11.8 Å². The minimum absolute atomic E-state index is 0.110. The van der Waals surface area contributed by atoms with Gasteiger partial charge in [0, 0.05) is 48.9 Å². The summed E-state index contributed by atoms with van der Waals surface area (Å²) in [6, 6.07) is 28.4. The van der Waals surface area contributed by atoms with Crippen LogP contribution in [0.2, 0.25) is 0 Å². The first-order valence-electron chi connectivity index (χ1n) is 23.0. The van der Waals surface area contributed by atoms with Crippen molar-refractivity contribution < 1.29 is 33.4 Å². The summed E-state index contributed by atoms with van der Waals surface area (Å²) in [7, 11) is 4.27. The van der Waals surface area contributed by atoms with Crippen LogP contribution < -0.4 is 10.6 Å². The monoisotopic (exact) mass is 923 g/mol. The maximum atomic E-state index is 14.4. The van der Waals surface area contributed by atoms with E-state index in [1.165, 1.54) is 14.2 Å². The molecule has 4 heterocycles. The van der Waals surface area contributed by atoms with E-state index in [4.69, 9.17) is 24.2 Å². The van der Waals surface area contributed by atoms with Gasteiger partial charge < -0.3 is 39.6 Å². The first kappa shape index (κ1) is 45.7. The summed E-state index contributed by atoms with van der Waals surface area (Å²) in [4.78, 5) is 70.9. The number of carbonyl (C=O) groups is 4. The Labute approximate surface area is 394 Å². The van der Waals surface area contributed by atoms with Crippen molar-refractivity contribution in [2.75, 3.05) is 46.8 Å². The molecule has 6 atom stereocenters. The number of aliphatic imine (C=N–C) groups is 1. The van der Waals surface area contributed by atoms with Crippen molar-refractivity contribution in [2.45, 2.75) is 69.5 Å². The van der Waals surface area contributed by atoms with Crippen molar-refractivity contribution >= 4 is 79.7 Å². The van der Waals surface area contributed by atoms with Gasteiger partial charge in [0.05, 0.1) is 49.6 Å². The third kappa shape index (κ3) is 9.06. The molecule has 0 bridgehead atoms. The largest absolute Gasteiger partial charge is 0.453 e. The standard InChI is InChI=1S/C52H57N7O7S/c1-7-67-36-24-44(59(27-36)49(60)45(29(2)3)56-51(62)65-5)48-54-41-20-16-35-23-33(14-18-38(35)47(41)55-48)32-13-17-37-34(22-32)15-19-40-39(37)25-42(53-40)43-21-30(28-64-4)26-58(43)50(61)46(57-52(63)66-6)31-11-9-8-10-12-31/h8-20,22-23,29-30,36,43-46H,7,21,24-28H2,1-6H3,(H,54,55)(H,56,62)(H,57,63)/t30-,36-,43-,44-,45-,46+/m0/s1. The molecule has 5 aromatic carbocycles. The minimum Gasteiger partial charge on any atom is -0.453 e. The van der Waals surface area contributed by atoms with Gasteiger partial charge >= 0.3 is 12.2 Å². The number of amides is 4. The lowest BCUT2D eigenvalue weighted by atomic mass is 9.94. The highest BCUT2D eigenvalue weighted by atomic mass is 32.2. The van der Waals surface area contributed by atoms with E-state index in [0.29, 0.717) is 38.1 Å². The molecule has 0 unspecified atom stereocenters. The molecule has 0 radical (unpaired) electrons. The molecule has 9 rings (SSSR count). The fraction of sp³-hybridized carbons (Fsp3) is 0.385. The summed E-state index contributed by atoms with van der Waals surface area (Å²) in [6.07, 6.45) is 0.761. The van der Waals surface area contributed by atoms with Gasteiger partial charge in [-0.25, -0.2) is 14.6 Å². The highest BCUT2D eigenvalue weighted by Crippen LogP contribution is 2.41. The van der Waals surface area contributed by atoms with Crippen LogP contribution >= 0.6 is 11.8 Å². The molecular formula is C52H57N7O7S. The number of hydrogen-bond donors (Lipinski definition) is 3. The fourth-order valence-electron chi connectivity index (χ4n) is 10.2. The predicted molar refractivity (Wildman–Crippen MR) is 263 cm³/mol. The van der Waals surface area contributed by atoms with E-state index in [9.17, 15) is 19.2 Å². The number of benzene rings is 5. The molecule has 2 saturated heterocycles. The molecule has 1 aromatic heterocycles. The average Bonchev–Trinajstić information content (AvgIpc) is 4.17. The Kier molecular flexibility index (Phi) is 13.2. The van der Waals surface area contributed by atoms with Gasteiger partial charge in [0.1, 0.15) is 17.9 Å². The zero-order valence-corrected chi connectivity index (χ0v) is 39.5. The van der Waals surface area contributed by atoms with Crippen molar-refractivity contribution in [3.63, 3.8) is 0 Å². The Morgan fingerprint density at radius 3 is 2.18 bits per heavy atom. The number of imidazole rings is 1. The summed E-state index contributed by atoms with van der Waals surface area (Å²) < 4.78 is 15.3. The van der Waals surface area contributed by atoms with Gasteiger partial charge in [-0.05, 0) is 87.2 Å². The van der Waals surface area contributed by atoms with Gasteiger partial charge in [-0.1, -0.05) is 87.5 Å². The first-order chi connectivity index (χ1) is 32.5. The molecule has 0 aliphatic carbocycles. The molecular weight excluding hydrogens is 867 g/mol. The van der Waals surface area contributed by atoms with E-state index < -0.39 is 24.3 Å². The van der Waals surface area contributed by atoms with E-state index >= 15 is 0 Å². The van der Waals surface area contributed by atoms with Gasteiger partial charge in [0.25, 0.3) is 0 Å². The number of thioether (sulfide) groups is 1. The number of ether oxygens (including phenoxy) is 3. The first-order valence-corrected chi connectivity index (χ1v) is 24.0. The van der Waals surface area contributed by atoms with E-state index in [1.807, 2.05) is 65.7 Å². The summed E-state index contributed by atoms with van der Waals surface area (Å²) in [5, 5.41) is 10.1. The number of rotatable bonds is 13. The number of nitrogens with one attached hydrogen (secondary N) is 3. The smallest absolute Gasteiger partial charge is 0.407 e. The van der Waals surface area contributed by atoms with Crippen molar-refractivity contribution in [3.05, 3.63) is 108 Å². The van der Waals surface area contributed by atoms with Crippen LogP contribution in [0.5, 0.6) is 0 Å². The van der Waals surface area contributed by atoms with Gasteiger partial charge in [0.15, 0.2) is 0 Å². The molecule has 14 nitrogen and oxygen atoms in total. The third-order valence-electron chi connectivity index (χ3n) is 13.5. The van der Waals surface area contributed by atoms with Gasteiger partial charge in [-0.3, -0.25) is 14.6 Å². The molecule has 2 fully saturated rings. The number of nitrogens with zero attached hydrogens (tertiary/aromatic N) is 4. The highest BCUT2D eigenvalue weighted by Gasteiger charge is 2.44. The Balaban J connectivity index is 0.965. The number of alkyl carbamates (subject to hydrolysis) is 2. The summed E-state index contributed by atoms with van der Waals surface area (Å²) in [6.45, 7) is 7.53. The molecule has 0 saturated carbocycles. The lowest BCUT2D eigenvalue weighted by Gasteiger charge is -2.30. The quantitative estimate of drug-likeness (QED) is 0.103. The van der Waals surface area contributed by atoms with Crippen LogP contribution in [0.1, 0.15) is 62.6 Å². The van der Waals surface area contributed by atoms with Crippen LogP contribution in [0.3, 0.4) is 0 Å².